The molecule has 0 unspecified atom stereocenters. The molecule has 21 heavy (non-hydrogen) atoms. The van der Waals surface area contributed by atoms with Gasteiger partial charge in [-0.3, -0.25) is 4.79 Å². The highest BCUT2D eigenvalue weighted by molar-refractivity contribution is 5.95. The number of allylic oxidation sites excluding steroid dienone is 4. The maximum atomic E-state index is 11.9. The maximum Gasteiger partial charge on any atom is 0.197 e. The van der Waals surface area contributed by atoms with Gasteiger partial charge in [0.05, 0.1) is 0 Å². The first-order valence-corrected chi connectivity index (χ1v) is 8.59. The van der Waals surface area contributed by atoms with Crippen LogP contribution in [0.1, 0.15) is 58.8 Å². The van der Waals surface area contributed by atoms with Crippen LogP contribution in [-0.2, 0) is 4.79 Å². The summed E-state index contributed by atoms with van der Waals surface area (Å²) in [6.07, 6.45) is 12.2. The fourth-order valence-electron chi connectivity index (χ4n) is 6.17. The molecular formula is C19H26O2. The lowest BCUT2D eigenvalue weighted by Crippen LogP contribution is -2.50. The van der Waals surface area contributed by atoms with Gasteiger partial charge >= 0.3 is 0 Å². The molecule has 0 radical (unpaired) electrons. The average molecular weight is 286 g/mol. The van der Waals surface area contributed by atoms with E-state index in [1.807, 2.05) is 0 Å². The van der Waals surface area contributed by atoms with Crippen LogP contribution < -0.4 is 0 Å². The maximum absolute atomic E-state index is 11.9. The Morgan fingerprint density at radius 1 is 1.14 bits per heavy atom. The first-order chi connectivity index (χ1) is 9.96. The molecule has 4 aliphatic rings. The summed E-state index contributed by atoms with van der Waals surface area (Å²) in [4.78, 5) is 11.9. The Balaban J connectivity index is 1.73. The second kappa shape index (κ2) is 4.24. The Kier molecular flexibility index (Phi) is 2.75. The standard InChI is InChI=1S/C19H26O2/c1-18-9-3-4-13(18)12-5-6-15-17(21)16(20)8-11-19(15,2)14(12)7-10-18/h3,9,12-14,21H,4-8,10-11H2,1-2H3/t12-,13-,14-,18-,19+/m0/s1. The van der Waals surface area contributed by atoms with Gasteiger partial charge in [-0.15, -0.1) is 0 Å². The Labute approximate surface area is 127 Å². The number of aliphatic hydroxyl groups is 1. The molecule has 0 bridgehead atoms. The predicted octanol–water partition coefficient (Wildman–Crippen LogP) is 4.57. The van der Waals surface area contributed by atoms with Crippen LogP contribution in [-0.4, -0.2) is 10.9 Å². The Hall–Kier alpha value is -1.05. The molecule has 2 saturated carbocycles. The normalized spacial score (nSPS) is 48.9. The lowest BCUT2D eigenvalue weighted by atomic mass is 9.47. The molecule has 0 spiro atoms. The van der Waals surface area contributed by atoms with E-state index in [0.717, 1.165) is 36.7 Å². The molecular weight excluding hydrogens is 260 g/mol. The molecule has 114 valence electrons. The summed E-state index contributed by atoms with van der Waals surface area (Å²) in [5.74, 6) is 2.32. The second-order valence-corrected chi connectivity index (χ2v) is 8.27. The Morgan fingerprint density at radius 3 is 2.76 bits per heavy atom. The van der Waals surface area contributed by atoms with Crippen molar-refractivity contribution in [2.75, 3.05) is 0 Å². The summed E-state index contributed by atoms with van der Waals surface area (Å²) in [7, 11) is 0. The van der Waals surface area contributed by atoms with Crippen LogP contribution in [0, 0.1) is 28.6 Å². The number of hydrogen-bond acceptors (Lipinski definition) is 2. The number of Topliss-reactive ketones (excluding diaryl/α,β-unsaturated/α-hetero) is 1. The van der Waals surface area contributed by atoms with Crippen molar-refractivity contribution in [2.45, 2.75) is 58.8 Å². The van der Waals surface area contributed by atoms with Crippen molar-refractivity contribution in [1.82, 2.24) is 0 Å². The van der Waals surface area contributed by atoms with E-state index in [1.54, 1.807) is 0 Å². The molecule has 1 N–H and O–H groups in total. The van der Waals surface area contributed by atoms with Crippen LogP contribution in [0.3, 0.4) is 0 Å². The summed E-state index contributed by atoms with van der Waals surface area (Å²) in [6.45, 7) is 4.76. The number of aliphatic hydroxyl groups excluding tert-OH is 1. The van der Waals surface area contributed by atoms with E-state index in [1.165, 1.54) is 19.3 Å². The van der Waals surface area contributed by atoms with Gasteiger partial charge in [-0.25, -0.2) is 0 Å². The summed E-state index contributed by atoms with van der Waals surface area (Å²) in [6, 6.07) is 0. The quantitative estimate of drug-likeness (QED) is 0.662. The van der Waals surface area contributed by atoms with Gasteiger partial charge < -0.3 is 5.11 Å². The van der Waals surface area contributed by atoms with Crippen molar-refractivity contribution in [3.8, 4) is 0 Å². The molecule has 4 rings (SSSR count). The van der Waals surface area contributed by atoms with Crippen molar-refractivity contribution in [3.63, 3.8) is 0 Å². The Bertz CT molecular complexity index is 558. The molecule has 2 heteroatoms. The van der Waals surface area contributed by atoms with Crippen LogP contribution in [0.15, 0.2) is 23.5 Å². The zero-order valence-corrected chi connectivity index (χ0v) is 13.2. The SMILES string of the molecule is C[C@@]12C=CC[C@H]1[C@@H]1CCC3=C(O)C(=O)CC[C@]3(C)[C@H]1CC2. The van der Waals surface area contributed by atoms with Gasteiger partial charge in [0.2, 0.25) is 0 Å². The highest BCUT2D eigenvalue weighted by Gasteiger charge is 2.56. The van der Waals surface area contributed by atoms with Crippen LogP contribution in [0.4, 0.5) is 0 Å². The lowest BCUT2D eigenvalue weighted by Gasteiger charge is -2.57. The van der Waals surface area contributed by atoms with Crippen LogP contribution >= 0.6 is 0 Å². The number of rotatable bonds is 0. The fourth-order valence-corrected chi connectivity index (χ4v) is 6.17. The summed E-state index contributed by atoms with van der Waals surface area (Å²) in [5, 5.41) is 10.3. The van der Waals surface area contributed by atoms with E-state index in [9.17, 15) is 9.90 Å². The topological polar surface area (TPSA) is 37.3 Å². The number of fused-ring (bicyclic) bond motifs is 5. The van der Waals surface area contributed by atoms with Crippen LogP contribution in [0.25, 0.3) is 0 Å². The van der Waals surface area contributed by atoms with Gasteiger partial charge in [0.15, 0.2) is 11.5 Å². The summed E-state index contributed by atoms with van der Waals surface area (Å²) < 4.78 is 0. The lowest BCUT2D eigenvalue weighted by molar-refractivity contribution is -0.121. The number of carbonyl (C=O) groups excluding carboxylic acids is 1. The molecule has 0 amide bonds. The fraction of sp³-hybridized carbons (Fsp3) is 0.737. The Morgan fingerprint density at radius 2 is 1.95 bits per heavy atom. The van der Waals surface area contributed by atoms with Crippen molar-refractivity contribution in [2.24, 2.45) is 28.6 Å². The molecule has 0 aromatic heterocycles. The third-order valence-corrected chi connectivity index (χ3v) is 7.42. The third kappa shape index (κ3) is 1.68. The number of hydrogen-bond donors (Lipinski definition) is 1. The molecule has 0 heterocycles. The zero-order valence-electron chi connectivity index (χ0n) is 13.2. The van der Waals surface area contributed by atoms with E-state index in [0.29, 0.717) is 17.8 Å². The molecule has 0 saturated heterocycles. The van der Waals surface area contributed by atoms with Crippen molar-refractivity contribution in [1.29, 1.82) is 0 Å². The minimum absolute atomic E-state index is 0.0240. The molecule has 5 atom stereocenters. The predicted molar refractivity (Wildman–Crippen MR) is 82.8 cm³/mol. The first-order valence-electron chi connectivity index (χ1n) is 8.59. The minimum atomic E-state index is -0.0240. The largest absolute Gasteiger partial charge is 0.504 e. The van der Waals surface area contributed by atoms with E-state index in [2.05, 4.69) is 26.0 Å². The van der Waals surface area contributed by atoms with Crippen molar-refractivity contribution in [3.05, 3.63) is 23.5 Å². The van der Waals surface area contributed by atoms with E-state index >= 15 is 0 Å². The summed E-state index contributed by atoms with van der Waals surface area (Å²) in [5.41, 5.74) is 1.57. The van der Waals surface area contributed by atoms with Gasteiger partial charge in [-0.05, 0) is 72.7 Å². The molecule has 0 aliphatic heterocycles. The van der Waals surface area contributed by atoms with Gasteiger partial charge in [0.1, 0.15) is 0 Å². The molecule has 4 aliphatic carbocycles. The first kappa shape index (κ1) is 13.6. The van der Waals surface area contributed by atoms with Gasteiger partial charge in [0, 0.05) is 6.42 Å². The zero-order chi connectivity index (χ0) is 14.8. The molecule has 2 nitrogen and oxygen atoms in total. The summed E-state index contributed by atoms with van der Waals surface area (Å²) >= 11 is 0. The van der Waals surface area contributed by atoms with E-state index < -0.39 is 0 Å². The van der Waals surface area contributed by atoms with E-state index in [4.69, 9.17) is 0 Å². The highest BCUT2D eigenvalue weighted by atomic mass is 16.3. The van der Waals surface area contributed by atoms with Crippen LogP contribution in [0.2, 0.25) is 0 Å². The van der Waals surface area contributed by atoms with Gasteiger partial charge in [-0.1, -0.05) is 26.0 Å². The monoisotopic (exact) mass is 286 g/mol. The van der Waals surface area contributed by atoms with Crippen molar-refractivity contribution < 1.29 is 9.90 Å². The number of ketones is 1. The average Bonchev–Trinajstić information content (AvgIpc) is 2.85. The van der Waals surface area contributed by atoms with E-state index in [-0.39, 0.29) is 17.0 Å². The third-order valence-electron chi connectivity index (χ3n) is 7.42. The van der Waals surface area contributed by atoms with Gasteiger partial charge in [0.25, 0.3) is 0 Å². The van der Waals surface area contributed by atoms with Crippen LogP contribution in [0.5, 0.6) is 0 Å². The molecule has 0 aromatic rings. The van der Waals surface area contributed by atoms with Gasteiger partial charge in [-0.2, -0.15) is 0 Å². The molecule has 0 aromatic carbocycles. The highest BCUT2D eigenvalue weighted by Crippen LogP contribution is 2.64. The molecule has 2 fully saturated rings. The smallest absolute Gasteiger partial charge is 0.197 e. The minimum Gasteiger partial charge on any atom is -0.504 e. The number of carbonyl (C=O) groups is 1. The van der Waals surface area contributed by atoms with Crippen molar-refractivity contribution >= 4 is 5.78 Å². The second-order valence-electron chi connectivity index (χ2n) is 8.27.